The van der Waals surface area contributed by atoms with Crippen molar-refractivity contribution in [2.24, 2.45) is 5.92 Å². The number of hydrogen-bond donors (Lipinski definition) is 2. The van der Waals surface area contributed by atoms with Crippen molar-refractivity contribution >= 4 is 44.6 Å². The maximum Gasteiger partial charge on any atom is 0.263 e. The fraction of sp³-hybridized carbons (Fsp3) is 0.400. The molecule has 21 heavy (non-hydrogen) atoms. The van der Waals surface area contributed by atoms with Crippen LogP contribution in [0.25, 0.3) is 10.1 Å². The number of hydrogen-bond acceptors (Lipinski definition) is 4. The summed E-state index contributed by atoms with van der Waals surface area (Å²) < 4.78 is 6.43. The van der Waals surface area contributed by atoms with E-state index in [4.69, 9.17) is 22.1 Å². The highest BCUT2D eigenvalue weighted by Crippen LogP contribution is 2.35. The van der Waals surface area contributed by atoms with Crippen LogP contribution in [-0.4, -0.2) is 25.2 Å². The maximum absolute atomic E-state index is 12.3. The molecule has 2 unspecified atom stereocenters. The maximum atomic E-state index is 12.3. The first-order valence-electron chi connectivity index (χ1n) is 6.93. The van der Waals surface area contributed by atoms with E-state index in [0.717, 1.165) is 23.1 Å². The van der Waals surface area contributed by atoms with E-state index in [9.17, 15) is 4.79 Å². The summed E-state index contributed by atoms with van der Waals surface area (Å²) in [7, 11) is 0. The first-order chi connectivity index (χ1) is 10.1. The van der Waals surface area contributed by atoms with Crippen molar-refractivity contribution < 1.29 is 9.53 Å². The number of benzene rings is 1. The molecule has 112 valence electrons. The molecule has 0 saturated carbocycles. The summed E-state index contributed by atoms with van der Waals surface area (Å²) in [5.74, 6) is 0.253. The molecule has 1 aliphatic rings. The predicted molar refractivity (Wildman–Crippen MR) is 87.1 cm³/mol. The minimum atomic E-state index is -0.121. The van der Waals surface area contributed by atoms with Crippen LogP contribution in [0.1, 0.15) is 23.0 Å². The Labute approximate surface area is 132 Å². The Morgan fingerprint density at radius 3 is 3.10 bits per heavy atom. The second kappa shape index (κ2) is 5.83. The fourth-order valence-electron chi connectivity index (χ4n) is 2.61. The lowest BCUT2D eigenvalue weighted by atomic mass is 10.0. The van der Waals surface area contributed by atoms with Gasteiger partial charge in [0.25, 0.3) is 5.91 Å². The van der Waals surface area contributed by atoms with E-state index in [2.05, 4.69) is 5.32 Å². The molecule has 0 aliphatic carbocycles. The number of thiophene rings is 1. The van der Waals surface area contributed by atoms with Gasteiger partial charge in [-0.1, -0.05) is 11.6 Å². The number of carbonyl (C=O) groups excluding carboxylic acids is 1. The number of anilines is 1. The summed E-state index contributed by atoms with van der Waals surface area (Å²) in [6, 6.07) is 5.47. The molecular weight excluding hydrogens is 308 g/mol. The summed E-state index contributed by atoms with van der Waals surface area (Å²) in [6.07, 6.45) is 1.18. The lowest BCUT2D eigenvalue weighted by Crippen LogP contribution is -2.31. The zero-order valence-corrected chi connectivity index (χ0v) is 13.3. The van der Waals surface area contributed by atoms with Gasteiger partial charge in [0.1, 0.15) is 4.88 Å². The van der Waals surface area contributed by atoms with E-state index in [1.165, 1.54) is 11.3 Å². The van der Waals surface area contributed by atoms with Gasteiger partial charge < -0.3 is 15.8 Å². The van der Waals surface area contributed by atoms with E-state index in [-0.39, 0.29) is 12.0 Å². The number of fused-ring (bicyclic) bond motifs is 1. The van der Waals surface area contributed by atoms with E-state index in [1.807, 2.05) is 19.1 Å². The number of nitrogen functional groups attached to an aromatic ring is 1. The van der Waals surface area contributed by atoms with Crippen molar-refractivity contribution in [3.8, 4) is 0 Å². The molecule has 0 bridgehead atoms. The molecule has 3 rings (SSSR count). The van der Waals surface area contributed by atoms with Gasteiger partial charge in [-0.3, -0.25) is 4.79 Å². The summed E-state index contributed by atoms with van der Waals surface area (Å²) in [6.45, 7) is 3.43. The van der Waals surface area contributed by atoms with Gasteiger partial charge in [-0.2, -0.15) is 0 Å². The Bertz CT molecular complexity index is 686. The first kappa shape index (κ1) is 14.6. The SMILES string of the molecule is CC1OCCC1CNC(=O)c1sc2cc(Cl)ccc2c1N. The van der Waals surface area contributed by atoms with E-state index in [1.54, 1.807) is 6.07 Å². The minimum Gasteiger partial charge on any atom is -0.397 e. The average molecular weight is 325 g/mol. The Hall–Kier alpha value is -1.30. The second-order valence-corrected chi connectivity index (χ2v) is 6.81. The lowest BCUT2D eigenvalue weighted by Gasteiger charge is -2.14. The van der Waals surface area contributed by atoms with Gasteiger partial charge in [0, 0.05) is 34.2 Å². The highest BCUT2D eigenvalue weighted by Gasteiger charge is 2.25. The van der Waals surface area contributed by atoms with Crippen molar-refractivity contribution in [1.82, 2.24) is 5.32 Å². The normalized spacial score (nSPS) is 21.8. The summed E-state index contributed by atoms with van der Waals surface area (Å²) in [5, 5.41) is 4.49. The quantitative estimate of drug-likeness (QED) is 0.910. The van der Waals surface area contributed by atoms with E-state index >= 15 is 0 Å². The molecule has 6 heteroatoms. The van der Waals surface area contributed by atoms with Gasteiger partial charge in [0.2, 0.25) is 0 Å². The van der Waals surface area contributed by atoms with Crippen molar-refractivity contribution in [3.63, 3.8) is 0 Å². The zero-order valence-electron chi connectivity index (χ0n) is 11.7. The van der Waals surface area contributed by atoms with Crippen molar-refractivity contribution in [3.05, 3.63) is 28.1 Å². The van der Waals surface area contributed by atoms with Crippen molar-refractivity contribution in [2.45, 2.75) is 19.4 Å². The highest BCUT2D eigenvalue weighted by molar-refractivity contribution is 7.21. The largest absolute Gasteiger partial charge is 0.397 e. The number of nitrogens with two attached hydrogens (primary N) is 1. The Morgan fingerprint density at radius 1 is 1.57 bits per heavy atom. The second-order valence-electron chi connectivity index (χ2n) is 5.32. The molecule has 1 fully saturated rings. The van der Waals surface area contributed by atoms with Crippen molar-refractivity contribution in [1.29, 1.82) is 0 Å². The van der Waals surface area contributed by atoms with E-state index < -0.39 is 0 Å². The lowest BCUT2D eigenvalue weighted by molar-refractivity contribution is 0.0911. The number of carbonyl (C=O) groups is 1. The Balaban J connectivity index is 1.76. The van der Waals surface area contributed by atoms with Crippen LogP contribution in [0.5, 0.6) is 0 Å². The van der Waals surface area contributed by atoms with Gasteiger partial charge in [0.05, 0.1) is 11.8 Å². The summed E-state index contributed by atoms with van der Waals surface area (Å²) in [5.41, 5.74) is 6.61. The van der Waals surface area contributed by atoms with Gasteiger partial charge in [-0.15, -0.1) is 11.3 Å². The topological polar surface area (TPSA) is 64.3 Å². The monoisotopic (exact) mass is 324 g/mol. The number of halogens is 1. The molecular formula is C15H17ClN2O2S. The fourth-order valence-corrected chi connectivity index (χ4v) is 3.92. The number of ether oxygens (including phenoxy) is 1. The van der Waals surface area contributed by atoms with Crippen LogP contribution in [0.15, 0.2) is 18.2 Å². The molecule has 1 aromatic carbocycles. The third-order valence-corrected chi connectivity index (χ3v) is 5.36. The van der Waals surface area contributed by atoms with Crippen LogP contribution in [0.2, 0.25) is 5.02 Å². The first-order valence-corrected chi connectivity index (χ1v) is 8.13. The van der Waals surface area contributed by atoms with Crippen LogP contribution < -0.4 is 11.1 Å². The summed E-state index contributed by atoms with van der Waals surface area (Å²) >= 11 is 7.35. The van der Waals surface area contributed by atoms with Gasteiger partial charge in [-0.05, 0) is 31.5 Å². The number of amides is 1. The number of rotatable bonds is 3. The van der Waals surface area contributed by atoms with Crippen molar-refractivity contribution in [2.75, 3.05) is 18.9 Å². The summed E-state index contributed by atoms with van der Waals surface area (Å²) in [4.78, 5) is 12.9. The molecule has 1 aromatic heterocycles. The smallest absolute Gasteiger partial charge is 0.263 e. The molecule has 4 nitrogen and oxygen atoms in total. The Kier molecular flexibility index (Phi) is 4.06. The molecule has 0 radical (unpaired) electrons. The molecule has 1 saturated heterocycles. The van der Waals surface area contributed by atoms with Crippen LogP contribution in [-0.2, 0) is 4.74 Å². The standard InChI is InChI=1S/C15H17ClN2O2S/c1-8-9(4-5-20-8)7-18-15(19)14-13(17)11-3-2-10(16)6-12(11)21-14/h2-3,6,8-9H,4-5,7,17H2,1H3,(H,18,19). The van der Waals surface area contributed by atoms with Gasteiger partial charge >= 0.3 is 0 Å². The minimum absolute atomic E-state index is 0.121. The molecule has 1 amide bonds. The molecule has 0 spiro atoms. The highest BCUT2D eigenvalue weighted by atomic mass is 35.5. The molecule has 1 aliphatic heterocycles. The van der Waals surface area contributed by atoms with Gasteiger partial charge in [-0.25, -0.2) is 0 Å². The third kappa shape index (κ3) is 2.86. The molecule has 2 heterocycles. The Morgan fingerprint density at radius 2 is 2.38 bits per heavy atom. The van der Waals surface area contributed by atoms with Crippen LogP contribution >= 0.6 is 22.9 Å². The van der Waals surface area contributed by atoms with E-state index in [0.29, 0.717) is 28.0 Å². The number of nitrogens with one attached hydrogen (secondary N) is 1. The zero-order chi connectivity index (χ0) is 15.0. The predicted octanol–water partition coefficient (Wildman–Crippen LogP) is 3.29. The van der Waals surface area contributed by atoms with Gasteiger partial charge in [0.15, 0.2) is 0 Å². The molecule has 2 aromatic rings. The third-order valence-electron chi connectivity index (χ3n) is 3.95. The van der Waals surface area contributed by atoms with Crippen LogP contribution in [0, 0.1) is 5.92 Å². The molecule has 3 N–H and O–H groups in total. The average Bonchev–Trinajstić information content (AvgIpc) is 3.00. The molecule has 2 atom stereocenters. The van der Waals surface area contributed by atoms with Crippen LogP contribution in [0.3, 0.4) is 0 Å². The van der Waals surface area contributed by atoms with Crippen LogP contribution in [0.4, 0.5) is 5.69 Å².